The van der Waals surface area contributed by atoms with Gasteiger partial charge < -0.3 is 4.42 Å². The number of pyridine rings is 1. The van der Waals surface area contributed by atoms with Gasteiger partial charge in [-0.3, -0.25) is 9.78 Å². The number of ketones is 1. The highest BCUT2D eigenvalue weighted by molar-refractivity contribution is 6.03. The summed E-state index contributed by atoms with van der Waals surface area (Å²) in [5.74, 6) is -1.05. The average molecular weight is 262 g/mol. The molecule has 0 saturated carbocycles. The third kappa shape index (κ3) is 2.06. The zero-order chi connectivity index (χ0) is 13.9. The molecule has 2 heterocycles. The summed E-state index contributed by atoms with van der Waals surface area (Å²) in [7, 11) is 0. The molecule has 0 bridgehead atoms. The van der Waals surface area contributed by atoms with E-state index in [9.17, 15) is 10.1 Å². The highest BCUT2D eigenvalue weighted by atomic mass is 16.3. The monoisotopic (exact) mass is 262 g/mol. The molecule has 0 N–H and O–H groups in total. The zero-order valence-corrected chi connectivity index (χ0v) is 10.5. The molecule has 0 fully saturated rings. The Morgan fingerprint density at radius 3 is 2.80 bits per heavy atom. The minimum atomic E-state index is -0.899. The number of hydrogen-bond acceptors (Lipinski definition) is 4. The van der Waals surface area contributed by atoms with Gasteiger partial charge in [-0.1, -0.05) is 24.3 Å². The molecule has 1 aromatic carbocycles. The van der Waals surface area contributed by atoms with Crippen LogP contribution < -0.4 is 0 Å². The van der Waals surface area contributed by atoms with Crippen LogP contribution in [-0.4, -0.2) is 10.8 Å². The van der Waals surface area contributed by atoms with E-state index in [1.54, 1.807) is 30.5 Å². The number of nitriles is 1. The van der Waals surface area contributed by atoms with E-state index < -0.39 is 5.92 Å². The van der Waals surface area contributed by atoms with Crippen molar-refractivity contribution in [3.05, 3.63) is 66.2 Å². The lowest BCUT2D eigenvalue weighted by molar-refractivity contribution is 0.0954. The van der Waals surface area contributed by atoms with Gasteiger partial charge in [0.1, 0.15) is 11.5 Å². The Kier molecular flexibility index (Phi) is 3.02. The van der Waals surface area contributed by atoms with Crippen molar-refractivity contribution in [3.63, 3.8) is 0 Å². The lowest BCUT2D eigenvalue weighted by Gasteiger charge is -2.05. The van der Waals surface area contributed by atoms with Gasteiger partial charge in [0.2, 0.25) is 5.78 Å². The molecule has 4 heteroatoms. The number of fused-ring (bicyclic) bond motifs is 1. The Morgan fingerprint density at radius 2 is 2.10 bits per heavy atom. The van der Waals surface area contributed by atoms with E-state index in [1.165, 1.54) is 6.20 Å². The van der Waals surface area contributed by atoms with Crippen molar-refractivity contribution in [3.8, 4) is 6.07 Å². The van der Waals surface area contributed by atoms with Crippen molar-refractivity contribution in [2.75, 3.05) is 0 Å². The number of carbonyl (C=O) groups is 1. The van der Waals surface area contributed by atoms with Crippen molar-refractivity contribution >= 4 is 16.8 Å². The van der Waals surface area contributed by atoms with Crippen LogP contribution in [0.3, 0.4) is 0 Å². The fraction of sp³-hybridized carbons (Fsp3) is 0.0625. The summed E-state index contributed by atoms with van der Waals surface area (Å²) in [4.78, 5) is 16.3. The summed E-state index contributed by atoms with van der Waals surface area (Å²) in [6, 6.07) is 14.4. The molecule has 0 saturated heterocycles. The molecular weight excluding hydrogens is 252 g/mol. The summed E-state index contributed by atoms with van der Waals surface area (Å²) in [6.07, 6.45) is 3.12. The van der Waals surface area contributed by atoms with Crippen LogP contribution in [0.1, 0.15) is 22.0 Å². The van der Waals surface area contributed by atoms with E-state index in [1.807, 2.05) is 24.3 Å². The molecule has 2 aromatic heterocycles. The predicted octanol–water partition coefficient (Wildman–Crippen LogP) is 3.32. The number of carbonyl (C=O) groups excluding carboxylic acids is 1. The Bertz CT molecular complexity index is 767. The molecular formula is C16H10N2O2. The summed E-state index contributed by atoms with van der Waals surface area (Å²) < 4.78 is 5.51. The van der Waals surface area contributed by atoms with Crippen LogP contribution in [0.25, 0.3) is 11.0 Å². The molecule has 3 rings (SSSR count). The molecule has 0 aliphatic heterocycles. The van der Waals surface area contributed by atoms with Crippen molar-refractivity contribution in [1.29, 1.82) is 5.26 Å². The quantitative estimate of drug-likeness (QED) is 0.679. The third-order valence-electron chi connectivity index (χ3n) is 3.08. The SMILES string of the molecule is N#CC(C(=O)c1cc2ccccc2o1)c1cccnc1. The number of hydrogen-bond donors (Lipinski definition) is 0. The van der Waals surface area contributed by atoms with Crippen LogP contribution in [0.4, 0.5) is 0 Å². The Labute approximate surface area is 115 Å². The van der Waals surface area contributed by atoms with E-state index in [-0.39, 0.29) is 11.5 Å². The van der Waals surface area contributed by atoms with Gasteiger partial charge in [0.25, 0.3) is 0 Å². The summed E-state index contributed by atoms with van der Waals surface area (Å²) >= 11 is 0. The van der Waals surface area contributed by atoms with E-state index in [0.717, 1.165) is 5.39 Å². The summed E-state index contributed by atoms with van der Waals surface area (Å²) in [6.45, 7) is 0. The Hall–Kier alpha value is -2.93. The zero-order valence-electron chi connectivity index (χ0n) is 10.5. The van der Waals surface area contributed by atoms with Gasteiger partial charge >= 0.3 is 0 Å². The maximum atomic E-state index is 12.4. The third-order valence-corrected chi connectivity index (χ3v) is 3.08. The first kappa shape index (κ1) is 12.1. The van der Waals surface area contributed by atoms with Crippen LogP contribution in [0.2, 0.25) is 0 Å². The van der Waals surface area contributed by atoms with Gasteiger partial charge in [-0.2, -0.15) is 5.26 Å². The summed E-state index contributed by atoms with van der Waals surface area (Å²) in [5, 5.41) is 10.1. The van der Waals surface area contributed by atoms with Crippen LogP contribution in [-0.2, 0) is 0 Å². The number of aromatic nitrogens is 1. The van der Waals surface area contributed by atoms with Gasteiger partial charge in [0.05, 0.1) is 6.07 Å². The highest BCUT2D eigenvalue weighted by Crippen LogP contribution is 2.25. The van der Waals surface area contributed by atoms with Crippen LogP contribution in [0, 0.1) is 11.3 Å². The number of benzene rings is 1. The van der Waals surface area contributed by atoms with Crippen LogP contribution in [0.15, 0.2) is 59.3 Å². The largest absolute Gasteiger partial charge is 0.453 e. The number of nitrogens with zero attached hydrogens (tertiary/aromatic N) is 2. The molecule has 4 nitrogen and oxygen atoms in total. The van der Waals surface area contributed by atoms with Gasteiger partial charge in [-0.15, -0.1) is 0 Å². The maximum absolute atomic E-state index is 12.4. The summed E-state index contributed by atoms with van der Waals surface area (Å²) in [5.41, 5.74) is 1.21. The first-order valence-electron chi connectivity index (χ1n) is 6.12. The number of rotatable bonds is 3. The maximum Gasteiger partial charge on any atom is 0.219 e. The number of furan rings is 1. The number of Topliss-reactive ketones (excluding diaryl/α,β-unsaturated/α-hetero) is 1. The minimum absolute atomic E-state index is 0.196. The van der Waals surface area contributed by atoms with E-state index in [0.29, 0.717) is 11.1 Å². The van der Waals surface area contributed by atoms with Gasteiger partial charge in [-0.05, 0) is 23.8 Å². The van der Waals surface area contributed by atoms with Crippen LogP contribution in [0.5, 0.6) is 0 Å². The van der Waals surface area contributed by atoms with Crippen molar-refractivity contribution in [2.24, 2.45) is 0 Å². The molecule has 1 atom stereocenters. The van der Waals surface area contributed by atoms with E-state index in [4.69, 9.17) is 4.42 Å². The second-order valence-corrected chi connectivity index (χ2v) is 4.36. The molecule has 96 valence electrons. The predicted molar refractivity (Wildman–Crippen MR) is 73.1 cm³/mol. The van der Waals surface area contributed by atoms with Gasteiger partial charge in [-0.25, -0.2) is 0 Å². The molecule has 0 aliphatic carbocycles. The lowest BCUT2D eigenvalue weighted by Crippen LogP contribution is -2.10. The molecule has 3 aromatic rings. The topological polar surface area (TPSA) is 66.9 Å². The van der Waals surface area contributed by atoms with E-state index in [2.05, 4.69) is 4.98 Å². The van der Waals surface area contributed by atoms with Crippen molar-refractivity contribution in [1.82, 2.24) is 4.98 Å². The molecule has 0 radical (unpaired) electrons. The van der Waals surface area contributed by atoms with E-state index >= 15 is 0 Å². The smallest absolute Gasteiger partial charge is 0.219 e. The van der Waals surface area contributed by atoms with Gasteiger partial charge in [0, 0.05) is 17.8 Å². The number of para-hydroxylation sites is 1. The van der Waals surface area contributed by atoms with Gasteiger partial charge in [0.15, 0.2) is 5.76 Å². The fourth-order valence-corrected chi connectivity index (χ4v) is 2.08. The van der Waals surface area contributed by atoms with Crippen LogP contribution >= 0.6 is 0 Å². The fourth-order valence-electron chi connectivity index (χ4n) is 2.08. The highest BCUT2D eigenvalue weighted by Gasteiger charge is 2.25. The average Bonchev–Trinajstić information content (AvgIpc) is 2.93. The molecule has 20 heavy (non-hydrogen) atoms. The second kappa shape index (κ2) is 4.98. The molecule has 0 amide bonds. The second-order valence-electron chi connectivity index (χ2n) is 4.36. The lowest BCUT2D eigenvalue weighted by atomic mass is 9.96. The molecule has 1 unspecified atom stereocenters. The Morgan fingerprint density at radius 1 is 1.25 bits per heavy atom. The first-order valence-corrected chi connectivity index (χ1v) is 6.12. The molecule has 0 aliphatic rings. The van der Waals surface area contributed by atoms with Crippen molar-refractivity contribution < 1.29 is 9.21 Å². The minimum Gasteiger partial charge on any atom is -0.453 e. The normalized spacial score (nSPS) is 11.9. The van der Waals surface area contributed by atoms with Crippen molar-refractivity contribution in [2.45, 2.75) is 5.92 Å². The molecule has 0 spiro atoms. The first-order chi connectivity index (χ1) is 9.79. The standard InChI is InChI=1S/C16H10N2O2/c17-9-13(12-5-3-7-18-10-12)16(19)15-8-11-4-1-2-6-14(11)20-15/h1-8,10,13H. The Balaban J connectivity index is 2.01.